The quantitative estimate of drug-likeness (QED) is 0.303. The zero-order valence-corrected chi connectivity index (χ0v) is 22.2. The first-order valence-electron chi connectivity index (χ1n) is 12.1. The Morgan fingerprint density at radius 3 is 1.53 bits per heavy atom. The Hall–Kier alpha value is -3.35. The van der Waals surface area contributed by atoms with Gasteiger partial charge in [-0.05, 0) is 99.3 Å². The molecule has 0 radical (unpaired) electrons. The number of ether oxygens (including phenoxy) is 3. The lowest BCUT2D eigenvalue weighted by Crippen LogP contribution is -2.19. The number of nitrogens with zero attached hydrogens (tertiary/aromatic N) is 2. The molecule has 0 atom stereocenters. The van der Waals surface area contributed by atoms with Gasteiger partial charge < -0.3 is 24.0 Å². The number of hydrogen-bond donors (Lipinski definition) is 0. The summed E-state index contributed by atoms with van der Waals surface area (Å²) in [5.41, 5.74) is 4.80. The van der Waals surface area contributed by atoms with Crippen LogP contribution in [0, 0.1) is 5.82 Å². The normalized spacial score (nSPS) is 11.0. The molecule has 6 heteroatoms. The molecule has 36 heavy (non-hydrogen) atoms. The number of hydrogen-bond acceptors (Lipinski definition) is 5. The zero-order valence-electron chi connectivity index (χ0n) is 22.2. The Morgan fingerprint density at radius 1 is 0.694 bits per heavy atom. The van der Waals surface area contributed by atoms with Crippen LogP contribution in [-0.2, 0) is 0 Å². The third kappa shape index (κ3) is 7.57. The molecule has 0 saturated heterocycles. The molecule has 0 bridgehead atoms. The Bertz CT molecular complexity index is 1080. The number of likely N-dealkylation sites (N-methyl/N-ethyl adjacent to an activating group) is 2. The van der Waals surface area contributed by atoms with E-state index in [0.29, 0.717) is 13.2 Å². The van der Waals surface area contributed by atoms with E-state index in [-0.39, 0.29) is 11.6 Å². The Labute approximate surface area is 214 Å². The number of benzene rings is 3. The summed E-state index contributed by atoms with van der Waals surface area (Å²) in [6, 6.07) is 21.2. The molecular formula is C30H37FN2O3. The van der Waals surface area contributed by atoms with Gasteiger partial charge in [-0.15, -0.1) is 0 Å². The van der Waals surface area contributed by atoms with E-state index >= 15 is 0 Å². The second kappa shape index (κ2) is 13.1. The minimum atomic E-state index is -0.386. The predicted octanol–water partition coefficient (Wildman–Crippen LogP) is 5.69. The molecule has 0 spiro atoms. The van der Waals surface area contributed by atoms with E-state index in [1.807, 2.05) is 89.7 Å². The summed E-state index contributed by atoms with van der Waals surface area (Å²) in [6.45, 7) is 4.94. The van der Waals surface area contributed by atoms with Crippen LogP contribution in [0.3, 0.4) is 0 Å². The van der Waals surface area contributed by atoms with Crippen LogP contribution >= 0.6 is 0 Å². The highest BCUT2D eigenvalue weighted by Crippen LogP contribution is 2.35. The highest BCUT2D eigenvalue weighted by Gasteiger charge is 2.14. The number of allylic oxidation sites excluding steroid dienone is 1. The number of methoxy groups -OCH3 is 1. The Morgan fingerprint density at radius 2 is 1.14 bits per heavy atom. The molecule has 3 rings (SSSR count). The van der Waals surface area contributed by atoms with E-state index in [0.717, 1.165) is 52.4 Å². The van der Waals surface area contributed by atoms with Gasteiger partial charge in [-0.3, -0.25) is 0 Å². The lowest BCUT2D eigenvalue weighted by atomic mass is 9.90. The Balaban J connectivity index is 1.95. The van der Waals surface area contributed by atoms with Crippen LogP contribution in [0.5, 0.6) is 17.2 Å². The van der Waals surface area contributed by atoms with Gasteiger partial charge in [0, 0.05) is 13.1 Å². The number of rotatable bonds is 12. The van der Waals surface area contributed by atoms with Crippen LogP contribution in [0.25, 0.3) is 11.1 Å². The van der Waals surface area contributed by atoms with Crippen LogP contribution in [-0.4, -0.2) is 71.4 Å². The van der Waals surface area contributed by atoms with Crippen molar-refractivity contribution in [2.45, 2.75) is 6.92 Å². The van der Waals surface area contributed by atoms with Crippen molar-refractivity contribution in [3.63, 3.8) is 0 Å². The van der Waals surface area contributed by atoms with Crippen molar-refractivity contribution in [3.05, 3.63) is 89.2 Å². The summed E-state index contributed by atoms with van der Waals surface area (Å²) in [4.78, 5) is 4.17. The van der Waals surface area contributed by atoms with Gasteiger partial charge in [0.25, 0.3) is 0 Å². The monoisotopic (exact) mass is 492 g/mol. The van der Waals surface area contributed by atoms with Crippen molar-refractivity contribution < 1.29 is 18.6 Å². The molecule has 0 aliphatic heterocycles. The SMILES string of the molecule is COc1ccc(C(C)=C(c2ccc(OCCN(C)C)cc2)c2ccc(OCCN(C)C)cc2)cc1F. The van der Waals surface area contributed by atoms with E-state index in [2.05, 4.69) is 9.80 Å². The average molecular weight is 493 g/mol. The second-order valence-corrected chi connectivity index (χ2v) is 9.20. The standard InChI is InChI=1S/C30H37FN2O3/c1-22(25-11-16-29(34-6)28(31)21-25)30(23-7-12-26(13-8-23)35-19-17-32(2)3)24-9-14-27(15-10-24)36-20-18-33(4)5/h7-16,21H,17-20H2,1-6H3. The fraction of sp³-hybridized carbons (Fsp3) is 0.333. The summed E-state index contributed by atoms with van der Waals surface area (Å²) < 4.78 is 31.4. The van der Waals surface area contributed by atoms with Crippen LogP contribution in [0.2, 0.25) is 0 Å². The summed E-state index contributed by atoms with van der Waals surface area (Å²) >= 11 is 0. The summed E-state index contributed by atoms with van der Waals surface area (Å²) in [5.74, 6) is 1.48. The minimum absolute atomic E-state index is 0.228. The second-order valence-electron chi connectivity index (χ2n) is 9.20. The Kier molecular flexibility index (Phi) is 9.91. The van der Waals surface area contributed by atoms with Crippen molar-refractivity contribution in [3.8, 4) is 17.2 Å². The first-order chi connectivity index (χ1) is 17.3. The van der Waals surface area contributed by atoms with Gasteiger partial charge >= 0.3 is 0 Å². The van der Waals surface area contributed by atoms with Gasteiger partial charge in [0.05, 0.1) is 7.11 Å². The molecule has 0 aliphatic rings. The predicted molar refractivity (Wildman–Crippen MR) is 146 cm³/mol. The fourth-order valence-corrected chi connectivity index (χ4v) is 3.77. The third-order valence-corrected chi connectivity index (χ3v) is 5.86. The maximum Gasteiger partial charge on any atom is 0.165 e. The molecule has 0 unspecified atom stereocenters. The molecule has 0 heterocycles. The molecular weight excluding hydrogens is 455 g/mol. The van der Waals surface area contributed by atoms with Crippen molar-refractivity contribution in [2.24, 2.45) is 0 Å². The van der Waals surface area contributed by atoms with E-state index in [1.54, 1.807) is 6.07 Å². The summed E-state index contributed by atoms with van der Waals surface area (Å²) in [7, 11) is 9.55. The average Bonchev–Trinajstić information content (AvgIpc) is 2.85. The van der Waals surface area contributed by atoms with E-state index in [9.17, 15) is 4.39 Å². The van der Waals surface area contributed by atoms with E-state index in [4.69, 9.17) is 14.2 Å². The van der Waals surface area contributed by atoms with E-state index in [1.165, 1.54) is 13.2 Å². The molecule has 0 fully saturated rings. The molecule has 3 aromatic carbocycles. The molecule has 0 amide bonds. The zero-order chi connectivity index (χ0) is 26.1. The largest absolute Gasteiger partial charge is 0.494 e. The molecule has 0 aromatic heterocycles. The lowest BCUT2D eigenvalue weighted by Gasteiger charge is -2.17. The smallest absolute Gasteiger partial charge is 0.165 e. The van der Waals surface area contributed by atoms with Crippen LogP contribution in [0.15, 0.2) is 66.7 Å². The summed E-state index contributed by atoms with van der Waals surface area (Å²) in [6.07, 6.45) is 0. The molecule has 0 aliphatic carbocycles. The van der Waals surface area contributed by atoms with Gasteiger partial charge in [-0.2, -0.15) is 0 Å². The van der Waals surface area contributed by atoms with Gasteiger partial charge in [-0.25, -0.2) is 4.39 Å². The topological polar surface area (TPSA) is 34.2 Å². The van der Waals surface area contributed by atoms with E-state index < -0.39 is 0 Å². The fourth-order valence-electron chi connectivity index (χ4n) is 3.77. The van der Waals surface area contributed by atoms with Crippen molar-refractivity contribution in [1.29, 1.82) is 0 Å². The molecule has 0 N–H and O–H groups in total. The van der Waals surface area contributed by atoms with Crippen molar-refractivity contribution >= 4 is 11.1 Å². The maximum atomic E-state index is 14.5. The molecule has 0 saturated carbocycles. The van der Waals surface area contributed by atoms with Crippen molar-refractivity contribution in [1.82, 2.24) is 9.80 Å². The highest BCUT2D eigenvalue weighted by molar-refractivity contribution is 5.98. The maximum absolute atomic E-state index is 14.5. The molecule has 5 nitrogen and oxygen atoms in total. The first-order valence-corrected chi connectivity index (χ1v) is 12.1. The molecule has 3 aromatic rings. The lowest BCUT2D eigenvalue weighted by molar-refractivity contribution is 0.261. The van der Waals surface area contributed by atoms with Gasteiger partial charge in [0.15, 0.2) is 11.6 Å². The van der Waals surface area contributed by atoms with Crippen LogP contribution in [0.1, 0.15) is 23.6 Å². The summed E-state index contributed by atoms with van der Waals surface area (Å²) in [5, 5.41) is 0. The number of halogens is 1. The van der Waals surface area contributed by atoms with Gasteiger partial charge in [-0.1, -0.05) is 30.3 Å². The van der Waals surface area contributed by atoms with Crippen molar-refractivity contribution in [2.75, 3.05) is 61.6 Å². The first kappa shape index (κ1) is 27.2. The van der Waals surface area contributed by atoms with Gasteiger partial charge in [0.2, 0.25) is 0 Å². The van der Waals surface area contributed by atoms with Gasteiger partial charge in [0.1, 0.15) is 24.7 Å². The van der Waals surface area contributed by atoms with Crippen LogP contribution < -0.4 is 14.2 Å². The highest BCUT2D eigenvalue weighted by atomic mass is 19.1. The van der Waals surface area contributed by atoms with Crippen LogP contribution in [0.4, 0.5) is 4.39 Å². The minimum Gasteiger partial charge on any atom is -0.494 e. The third-order valence-electron chi connectivity index (χ3n) is 5.86. The molecule has 192 valence electrons.